The maximum atomic E-state index is 13.0. The van der Waals surface area contributed by atoms with Gasteiger partial charge in [-0.25, -0.2) is 19.2 Å². The van der Waals surface area contributed by atoms with Crippen molar-refractivity contribution in [2.24, 2.45) is 117 Å². The summed E-state index contributed by atoms with van der Waals surface area (Å²) in [6.45, 7) is 48.5. The van der Waals surface area contributed by atoms with Crippen LogP contribution in [0.1, 0.15) is 406 Å². The monoisotopic (exact) mass is 1740 g/mol. The zero-order valence-electron chi connectivity index (χ0n) is 81.9. The van der Waals surface area contributed by atoms with Crippen molar-refractivity contribution in [2.75, 3.05) is 26.4 Å². The maximum absolute atomic E-state index is 13.0. The molecule has 708 valence electrons. The Labute approximate surface area is 768 Å². The van der Waals surface area contributed by atoms with Crippen LogP contribution in [0.3, 0.4) is 0 Å². The van der Waals surface area contributed by atoms with Crippen LogP contribution >= 0.6 is 0 Å². The quantitative estimate of drug-likeness (QED) is 0.0339. The SMILES string of the molecule is C.C.CC.CC.CCC(C)c1ccc(OCC(=O)OC2(CC(C)(C)C)C3CC4CC(C3)CC2C4)cc1.CCC(C)c1ccc(OCC(=O)OC2(CC(C)(C)C)C3CC4CC(C3)CC2C4)cc1.CCC(C)c1ccc(OCC(=O)OC2(CCC(C)C)C3CC4CC(C3)CC2C4)cc1.CCC(C)c1ccc(OCC(=O)OC2(CCC(C)C)C3CC4CC(C3)CC2C4)cc1. The zero-order chi connectivity index (χ0) is 89.6. The van der Waals surface area contributed by atoms with E-state index in [1.54, 1.807) is 0 Å². The second-order valence-corrected chi connectivity index (χ2v) is 44.9. The van der Waals surface area contributed by atoms with Crippen molar-refractivity contribution < 1.29 is 57.1 Å². The van der Waals surface area contributed by atoms with Crippen molar-refractivity contribution in [3.63, 3.8) is 0 Å². The van der Waals surface area contributed by atoms with Gasteiger partial charge in [-0.2, -0.15) is 0 Å². The molecule has 4 atom stereocenters. The van der Waals surface area contributed by atoms with Crippen LogP contribution in [-0.4, -0.2) is 72.7 Å². The molecule has 126 heavy (non-hydrogen) atoms. The summed E-state index contributed by atoms with van der Waals surface area (Å²) in [4.78, 5) is 51.8. The van der Waals surface area contributed by atoms with Gasteiger partial charge in [-0.1, -0.05) is 216 Å². The fourth-order valence-corrected chi connectivity index (χ4v) is 26.9. The van der Waals surface area contributed by atoms with E-state index in [2.05, 4.69) is 173 Å². The normalized spacial score (nSPS) is 31.7. The predicted molar refractivity (Wildman–Crippen MR) is 518 cm³/mol. The van der Waals surface area contributed by atoms with E-state index in [0.29, 0.717) is 82.9 Å². The molecule has 16 aliphatic carbocycles. The summed E-state index contributed by atoms with van der Waals surface area (Å²) in [5, 5.41) is 0. The third kappa shape index (κ3) is 25.8. The number of rotatable bonds is 32. The van der Waals surface area contributed by atoms with E-state index < -0.39 is 0 Å². The number of hydrogen-bond donors (Lipinski definition) is 0. The van der Waals surface area contributed by atoms with E-state index in [1.807, 2.05) is 76.2 Å². The second-order valence-electron chi connectivity index (χ2n) is 44.9. The Morgan fingerprint density at radius 1 is 0.286 bits per heavy atom. The van der Waals surface area contributed by atoms with Gasteiger partial charge in [0.15, 0.2) is 26.4 Å². The first-order valence-electron chi connectivity index (χ1n) is 50.9. The lowest BCUT2D eigenvalue weighted by atomic mass is 9.48. The Kier molecular flexibility index (Phi) is 37.7. The highest BCUT2D eigenvalue weighted by Crippen LogP contribution is 2.66. The molecule has 0 spiro atoms. The third-order valence-corrected chi connectivity index (χ3v) is 32.8. The van der Waals surface area contributed by atoms with Gasteiger partial charge in [0.25, 0.3) is 0 Å². The fraction of sp³-hybridized carbons (Fsp3) is 0.754. The molecule has 20 rings (SSSR count). The first-order chi connectivity index (χ1) is 59.1. The molecule has 4 aromatic rings. The highest BCUT2D eigenvalue weighted by atomic mass is 16.6. The van der Waals surface area contributed by atoms with E-state index in [0.717, 1.165) is 135 Å². The number of carbonyl (C=O) groups is 4. The minimum atomic E-state index is -0.285. The lowest BCUT2D eigenvalue weighted by Gasteiger charge is -2.61. The summed E-state index contributed by atoms with van der Waals surface area (Å²) in [7, 11) is 0. The summed E-state index contributed by atoms with van der Waals surface area (Å²) in [5.74, 6) is 17.0. The molecule has 4 unspecified atom stereocenters. The van der Waals surface area contributed by atoms with E-state index in [9.17, 15) is 19.2 Å². The molecule has 12 heteroatoms. The molecule has 16 fully saturated rings. The molecular formula is C114H180O12. The third-order valence-electron chi connectivity index (χ3n) is 32.8. The van der Waals surface area contributed by atoms with Gasteiger partial charge in [0.2, 0.25) is 0 Å². The molecule has 16 saturated carbocycles. The predicted octanol–water partition coefficient (Wildman–Crippen LogP) is 30.3. The average Bonchev–Trinajstić information content (AvgIpc) is 0.732. The Bertz CT molecular complexity index is 3580. The molecule has 4 aromatic carbocycles. The van der Waals surface area contributed by atoms with Crippen molar-refractivity contribution in [3.05, 3.63) is 119 Å². The molecule has 0 N–H and O–H groups in total. The van der Waals surface area contributed by atoms with Gasteiger partial charge in [0.1, 0.15) is 45.4 Å². The van der Waals surface area contributed by atoms with Crippen LogP contribution in [0.5, 0.6) is 23.0 Å². The number of hydrogen-bond acceptors (Lipinski definition) is 12. The van der Waals surface area contributed by atoms with Crippen LogP contribution in [0.15, 0.2) is 97.1 Å². The molecule has 0 saturated heterocycles. The van der Waals surface area contributed by atoms with Gasteiger partial charge in [-0.3, -0.25) is 0 Å². The van der Waals surface area contributed by atoms with Crippen LogP contribution in [0.25, 0.3) is 0 Å². The van der Waals surface area contributed by atoms with Crippen molar-refractivity contribution in [3.8, 4) is 23.0 Å². The molecule has 0 amide bonds. The standard InChI is InChI=1S/4C27H40O3.2C2H6.2CH4/c2*1-6-18(2)21-7-9-24(10-8-21)29-16-25(28)30-27(17-26(3,4)5)22-12-19-11-20(14-22)15-23(27)13-19;2*1-5-19(4)22-6-8-25(9-7-22)29-17-26(28)30-27(11-10-18(2)3)23-13-20-12-21(15-23)16-24(27)14-20;2*1-2;;/h2*7-10,18-20,22-23H,6,11-17H2,1-5H3;2*6-9,18-21,23-24H,5,10-17H2,1-4H3;2*1-2H3;2*1H4. The number of benzene rings is 4. The van der Waals surface area contributed by atoms with E-state index in [1.165, 1.54) is 151 Å². The number of carbonyl (C=O) groups excluding carboxylic acids is 4. The summed E-state index contributed by atoms with van der Waals surface area (Å²) in [6, 6.07) is 32.7. The smallest absolute Gasteiger partial charge is 0.344 e. The van der Waals surface area contributed by atoms with Crippen molar-refractivity contribution in [1.29, 1.82) is 0 Å². The molecule has 0 heterocycles. The van der Waals surface area contributed by atoms with Crippen LogP contribution < -0.4 is 18.9 Å². The minimum Gasteiger partial charge on any atom is -0.482 e. The number of ether oxygens (including phenoxy) is 8. The topological polar surface area (TPSA) is 142 Å². The Hall–Kier alpha value is -6.04. The first kappa shape index (κ1) is 104. The molecular weight excluding hydrogens is 1560 g/mol. The maximum Gasteiger partial charge on any atom is 0.344 e. The fourth-order valence-electron chi connectivity index (χ4n) is 26.9. The summed E-state index contributed by atoms with van der Waals surface area (Å²) >= 11 is 0. The molecule has 16 aliphatic rings. The lowest BCUT2D eigenvalue weighted by molar-refractivity contribution is -0.220. The van der Waals surface area contributed by atoms with Gasteiger partial charge in [0.05, 0.1) is 0 Å². The average molecular weight is 1740 g/mol. The molecule has 12 nitrogen and oxygen atoms in total. The highest BCUT2D eigenvalue weighted by molar-refractivity contribution is 5.73. The van der Waals surface area contributed by atoms with Crippen molar-refractivity contribution in [2.45, 2.75) is 406 Å². The lowest BCUT2D eigenvalue weighted by Crippen LogP contribution is -2.61. The van der Waals surface area contributed by atoms with Crippen LogP contribution in [0.2, 0.25) is 0 Å². The van der Waals surface area contributed by atoms with Crippen LogP contribution in [0, 0.1) is 117 Å². The summed E-state index contributed by atoms with van der Waals surface area (Å²) in [6.07, 6.45) is 36.4. The second kappa shape index (κ2) is 45.9. The molecule has 0 aromatic heterocycles. The van der Waals surface area contributed by atoms with E-state index in [4.69, 9.17) is 37.9 Å². The highest BCUT2D eigenvalue weighted by Gasteiger charge is 2.64. The van der Waals surface area contributed by atoms with Crippen molar-refractivity contribution in [1.82, 2.24) is 0 Å². The number of esters is 4. The Balaban J connectivity index is 0.000000186. The molecule has 16 bridgehead atoms. The summed E-state index contributed by atoms with van der Waals surface area (Å²) in [5.41, 5.74) is 4.48. The van der Waals surface area contributed by atoms with Gasteiger partial charge in [0, 0.05) is 0 Å². The van der Waals surface area contributed by atoms with Gasteiger partial charge < -0.3 is 37.9 Å². The van der Waals surface area contributed by atoms with Gasteiger partial charge >= 0.3 is 23.9 Å². The van der Waals surface area contributed by atoms with Crippen LogP contribution in [-0.2, 0) is 38.1 Å². The van der Waals surface area contributed by atoms with E-state index in [-0.39, 0.29) is 98.4 Å². The van der Waals surface area contributed by atoms with E-state index >= 15 is 0 Å². The van der Waals surface area contributed by atoms with Gasteiger partial charge in [-0.15, -0.1) is 0 Å². The largest absolute Gasteiger partial charge is 0.482 e. The summed E-state index contributed by atoms with van der Waals surface area (Å²) < 4.78 is 49.0. The molecule has 0 aliphatic heterocycles. The first-order valence-corrected chi connectivity index (χ1v) is 50.9. The van der Waals surface area contributed by atoms with Gasteiger partial charge in [-0.05, 0) is 404 Å². The van der Waals surface area contributed by atoms with Crippen molar-refractivity contribution >= 4 is 23.9 Å². The Morgan fingerprint density at radius 3 is 0.611 bits per heavy atom. The Morgan fingerprint density at radius 2 is 0.452 bits per heavy atom. The van der Waals surface area contributed by atoms with Crippen LogP contribution in [0.4, 0.5) is 0 Å². The zero-order valence-corrected chi connectivity index (χ0v) is 81.9. The minimum absolute atomic E-state index is 0. The molecule has 0 radical (unpaired) electrons.